The Balaban J connectivity index is 1.87. The summed E-state index contributed by atoms with van der Waals surface area (Å²) in [5.74, 6) is -3.51. The molecule has 23 heavy (non-hydrogen) atoms. The number of carbonyl (C=O) groups is 2. The minimum absolute atomic E-state index is 0.302. The van der Waals surface area contributed by atoms with Crippen molar-refractivity contribution in [2.24, 2.45) is 0 Å². The van der Waals surface area contributed by atoms with E-state index < -0.39 is 17.9 Å². The molecule has 0 saturated heterocycles. The smallest absolute Gasteiger partial charge is 0.324 e. The Kier molecular flexibility index (Phi) is 4.06. The molecule has 3 rings (SSSR count). The van der Waals surface area contributed by atoms with Crippen LogP contribution in [0.1, 0.15) is 11.5 Å². The number of carboxylic acid groups (broad SMARTS) is 1. The summed E-state index contributed by atoms with van der Waals surface area (Å²) in [4.78, 5) is 23.6. The van der Waals surface area contributed by atoms with E-state index in [0.29, 0.717) is 11.3 Å². The molecule has 0 amide bonds. The Hall–Kier alpha value is -3.14. The number of carboxylic acids is 1. The first-order valence-corrected chi connectivity index (χ1v) is 7.11. The Morgan fingerprint density at radius 2 is 1.48 bits per heavy atom. The molecule has 4 nitrogen and oxygen atoms in total. The maximum Gasteiger partial charge on any atom is 0.324 e. The average molecular weight is 305 g/mol. The Labute approximate surface area is 132 Å². The van der Waals surface area contributed by atoms with Gasteiger partial charge in [-0.2, -0.15) is 0 Å². The highest BCUT2D eigenvalue weighted by molar-refractivity contribution is 6.00. The van der Waals surface area contributed by atoms with Crippen molar-refractivity contribution < 1.29 is 19.4 Å². The molecule has 0 aromatic heterocycles. The lowest BCUT2D eigenvalue weighted by molar-refractivity contribution is -0.307. The molecule has 0 aliphatic carbocycles. The second-order valence-corrected chi connectivity index (χ2v) is 5.09. The number of rotatable bonds is 4. The van der Waals surface area contributed by atoms with Gasteiger partial charge in [0.15, 0.2) is 0 Å². The SMILES string of the molecule is O=C([O-])C(C(=O)Oc1ccc2ccccc2c1)c1ccccc1. The zero-order valence-electron chi connectivity index (χ0n) is 12.1. The number of ether oxygens (including phenoxy) is 1. The highest BCUT2D eigenvalue weighted by Crippen LogP contribution is 2.23. The predicted molar refractivity (Wildman–Crippen MR) is 83.8 cm³/mol. The van der Waals surface area contributed by atoms with Crippen molar-refractivity contribution in [3.8, 4) is 5.75 Å². The van der Waals surface area contributed by atoms with Gasteiger partial charge in [0.2, 0.25) is 0 Å². The van der Waals surface area contributed by atoms with Gasteiger partial charge in [-0.25, -0.2) is 0 Å². The molecular formula is C19H13O4-. The van der Waals surface area contributed by atoms with E-state index in [9.17, 15) is 14.7 Å². The molecular weight excluding hydrogens is 292 g/mol. The van der Waals surface area contributed by atoms with E-state index >= 15 is 0 Å². The summed E-state index contributed by atoms with van der Waals surface area (Å²) < 4.78 is 5.24. The van der Waals surface area contributed by atoms with Crippen LogP contribution in [0.4, 0.5) is 0 Å². The molecule has 0 fully saturated rings. The van der Waals surface area contributed by atoms with Gasteiger partial charge < -0.3 is 14.6 Å². The number of benzene rings is 3. The lowest BCUT2D eigenvalue weighted by atomic mass is 9.99. The highest BCUT2D eigenvalue weighted by Gasteiger charge is 2.24. The van der Waals surface area contributed by atoms with Gasteiger partial charge in [0, 0.05) is 0 Å². The summed E-state index contributed by atoms with van der Waals surface area (Å²) >= 11 is 0. The molecule has 0 N–H and O–H groups in total. The lowest BCUT2D eigenvalue weighted by Crippen LogP contribution is -2.36. The first-order valence-electron chi connectivity index (χ1n) is 7.11. The maximum atomic E-state index is 12.2. The topological polar surface area (TPSA) is 66.4 Å². The molecule has 0 aliphatic heterocycles. The minimum Gasteiger partial charge on any atom is -0.549 e. The largest absolute Gasteiger partial charge is 0.549 e. The summed E-state index contributed by atoms with van der Waals surface area (Å²) in [5, 5.41) is 13.2. The third kappa shape index (κ3) is 3.21. The summed E-state index contributed by atoms with van der Waals surface area (Å²) in [7, 11) is 0. The molecule has 0 radical (unpaired) electrons. The van der Waals surface area contributed by atoms with Gasteiger partial charge in [0.25, 0.3) is 0 Å². The molecule has 1 unspecified atom stereocenters. The molecule has 3 aromatic carbocycles. The average Bonchev–Trinajstić information content (AvgIpc) is 2.55. The van der Waals surface area contributed by atoms with Gasteiger partial charge in [-0.05, 0) is 28.5 Å². The minimum atomic E-state index is -1.48. The quantitative estimate of drug-likeness (QED) is 0.421. The standard InChI is InChI=1S/C19H14O4/c20-18(21)17(14-7-2-1-3-8-14)19(22)23-16-11-10-13-6-4-5-9-15(13)12-16/h1-12,17H,(H,20,21)/p-1. The van der Waals surface area contributed by atoms with Crippen LogP contribution >= 0.6 is 0 Å². The third-order valence-electron chi connectivity index (χ3n) is 3.54. The number of hydrogen-bond acceptors (Lipinski definition) is 4. The fourth-order valence-corrected chi connectivity index (χ4v) is 2.42. The fraction of sp³-hybridized carbons (Fsp3) is 0.0526. The van der Waals surface area contributed by atoms with E-state index in [4.69, 9.17) is 4.74 Å². The van der Waals surface area contributed by atoms with Crippen molar-refractivity contribution in [1.82, 2.24) is 0 Å². The highest BCUT2D eigenvalue weighted by atomic mass is 16.5. The molecule has 0 bridgehead atoms. The van der Waals surface area contributed by atoms with Gasteiger partial charge in [-0.1, -0.05) is 60.7 Å². The van der Waals surface area contributed by atoms with Crippen LogP contribution in [-0.2, 0) is 9.59 Å². The second kappa shape index (κ2) is 6.32. The predicted octanol–water partition coefficient (Wildman–Crippen LogP) is 2.28. The lowest BCUT2D eigenvalue weighted by Gasteiger charge is -2.17. The molecule has 1 atom stereocenters. The molecule has 0 saturated carbocycles. The van der Waals surface area contributed by atoms with E-state index in [1.165, 1.54) is 0 Å². The second-order valence-electron chi connectivity index (χ2n) is 5.09. The molecule has 4 heteroatoms. The van der Waals surface area contributed by atoms with Crippen LogP contribution in [0.3, 0.4) is 0 Å². The van der Waals surface area contributed by atoms with Crippen LogP contribution in [0.25, 0.3) is 10.8 Å². The van der Waals surface area contributed by atoms with Crippen molar-refractivity contribution in [3.05, 3.63) is 78.4 Å². The monoisotopic (exact) mass is 305 g/mol. The molecule has 114 valence electrons. The number of aliphatic carboxylic acids is 1. The van der Waals surface area contributed by atoms with Crippen LogP contribution in [0, 0.1) is 0 Å². The summed E-state index contributed by atoms with van der Waals surface area (Å²) in [6.45, 7) is 0. The Morgan fingerprint density at radius 3 is 2.17 bits per heavy atom. The number of fused-ring (bicyclic) bond motifs is 1. The van der Waals surface area contributed by atoms with Crippen molar-refractivity contribution in [3.63, 3.8) is 0 Å². The zero-order chi connectivity index (χ0) is 16.2. The van der Waals surface area contributed by atoms with Crippen LogP contribution in [0.15, 0.2) is 72.8 Å². The molecule has 0 spiro atoms. The Bertz CT molecular complexity index is 855. The molecule has 3 aromatic rings. The van der Waals surface area contributed by atoms with Crippen LogP contribution in [0.5, 0.6) is 5.75 Å². The van der Waals surface area contributed by atoms with Gasteiger partial charge in [0.05, 0.1) is 5.97 Å². The van der Waals surface area contributed by atoms with Crippen molar-refractivity contribution in [2.45, 2.75) is 5.92 Å². The summed E-state index contributed by atoms with van der Waals surface area (Å²) in [5.41, 5.74) is 0.332. The van der Waals surface area contributed by atoms with Gasteiger partial charge in [-0.15, -0.1) is 0 Å². The van der Waals surface area contributed by atoms with E-state index in [0.717, 1.165) is 10.8 Å². The van der Waals surface area contributed by atoms with E-state index in [2.05, 4.69) is 0 Å². The van der Waals surface area contributed by atoms with Crippen molar-refractivity contribution in [1.29, 1.82) is 0 Å². The van der Waals surface area contributed by atoms with Crippen molar-refractivity contribution >= 4 is 22.7 Å². The van der Waals surface area contributed by atoms with Crippen LogP contribution in [-0.4, -0.2) is 11.9 Å². The van der Waals surface area contributed by atoms with Gasteiger partial charge in [-0.3, -0.25) is 4.79 Å². The van der Waals surface area contributed by atoms with E-state index in [-0.39, 0.29) is 0 Å². The molecule has 0 aliphatic rings. The summed E-state index contributed by atoms with van der Waals surface area (Å²) in [6.07, 6.45) is 0. The van der Waals surface area contributed by atoms with Gasteiger partial charge >= 0.3 is 5.97 Å². The number of hydrogen-bond donors (Lipinski definition) is 0. The molecule has 0 heterocycles. The van der Waals surface area contributed by atoms with Gasteiger partial charge in [0.1, 0.15) is 11.7 Å². The Morgan fingerprint density at radius 1 is 0.826 bits per heavy atom. The van der Waals surface area contributed by atoms with E-state index in [1.54, 1.807) is 42.5 Å². The normalized spacial score (nSPS) is 11.8. The number of esters is 1. The fourth-order valence-electron chi connectivity index (χ4n) is 2.42. The maximum absolute atomic E-state index is 12.2. The van der Waals surface area contributed by atoms with Crippen LogP contribution < -0.4 is 9.84 Å². The first kappa shape index (κ1) is 14.8. The third-order valence-corrected chi connectivity index (χ3v) is 3.54. The first-order chi connectivity index (χ1) is 11.1. The van der Waals surface area contributed by atoms with Crippen molar-refractivity contribution in [2.75, 3.05) is 0 Å². The number of carbonyl (C=O) groups excluding carboxylic acids is 2. The summed E-state index contributed by atoms with van der Waals surface area (Å²) in [6, 6.07) is 20.9. The zero-order valence-corrected chi connectivity index (χ0v) is 12.1. The van der Waals surface area contributed by atoms with Crippen LogP contribution in [0.2, 0.25) is 0 Å². The van der Waals surface area contributed by atoms with E-state index in [1.807, 2.05) is 30.3 Å².